The second-order valence-electron chi connectivity index (χ2n) is 6.47. The van der Waals surface area contributed by atoms with Gasteiger partial charge < -0.3 is 15.0 Å². The third-order valence-corrected chi connectivity index (χ3v) is 4.45. The SMILES string of the molecule is O=C(NCc1ccc(C(F)(F)F)cc1)N(CC1CCOC1)C1CC1. The van der Waals surface area contributed by atoms with E-state index in [0.29, 0.717) is 30.7 Å². The number of hydrogen-bond acceptors (Lipinski definition) is 2. The number of rotatable bonds is 5. The lowest BCUT2D eigenvalue weighted by Gasteiger charge is -2.25. The Balaban J connectivity index is 1.53. The lowest BCUT2D eigenvalue weighted by molar-refractivity contribution is -0.137. The van der Waals surface area contributed by atoms with Crippen molar-refractivity contribution in [1.29, 1.82) is 0 Å². The fourth-order valence-electron chi connectivity index (χ4n) is 2.88. The molecule has 0 aromatic heterocycles. The molecule has 1 aliphatic heterocycles. The number of nitrogens with one attached hydrogen (secondary N) is 1. The Labute approximate surface area is 139 Å². The van der Waals surface area contributed by atoms with Gasteiger partial charge in [0.05, 0.1) is 12.2 Å². The van der Waals surface area contributed by atoms with Gasteiger partial charge in [-0.05, 0) is 37.0 Å². The largest absolute Gasteiger partial charge is 0.416 e. The molecule has 1 unspecified atom stereocenters. The van der Waals surface area contributed by atoms with Crippen molar-refractivity contribution in [2.24, 2.45) is 5.92 Å². The van der Waals surface area contributed by atoms with Crippen LogP contribution in [0.2, 0.25) is 0 Å². The first kappa shape index (κ1) is 17.1. The van der Waals surface area contributed by atoms with Crippen LogP contribution >= 0.6 is 0 Å². The Kier molecular flexibility index (Phi) is 4.99. The zero-order valence-corrected chi connectivity index (χ0v) is 13.3. The second-order valence-corrected chi connectivity index (χ2v) is 6.47. The van der Waals surface area contributed by atoms with E-state index in [0.717, 1.165) is 38.0 Å². The molecule has 1 saturated heterocycles. The summed E-state index contributed by atoms with van der Waals surface area (Å²) in [5, 5.41) is 2.82. The zero-order valence-electron chi connectivity index (χ0n) is 13.3. The molecule has 1 heterocycles. The van der Waals surface area contributed by atoms with Crippen LogP contribution in [-0.4, -0.2) is 36.7 Å². The van der Waals surface area contributed by atoms with Gasteiger partial charge in [-0.2, -0.15) is 13.2 Å². The zero-order chi connectivity index (χ0) is 17.2. The number of benzene rings is 1. The van der Waals surface area contributed by atoms with Gasteiger partial charge in [0.15, 0.2) is 0 Å². The van der Waals surface area contributed by atoms with Crippen molar-refractivity contribution in [2.45, 2.75) is 38.0 Å². The topological polar surface area (TPSA) is 41.6 Å². The first-order chi connectivity index (χ1) is 11.4. The van der Waals surface area contributed by atoms with Gasteiger partial charge in [-0.15, -0.1) is 0 Å². The summed E-state index contributed by atoms with van der Waals surface area (Å²) in [4.78, 5) is 14.3. The number of urea groups is 1. The predicted octanol–water partition coefficient (Wildman–Crippen LogP) is 3.42. The molecule has 2 fully saturated rings. The molecule has 1 aromatic carbocycles. The average molecular weight is 342 g/mol. The highest BCUT2D eigenvalue weighted by molar-refractivity contribution is 5.75. The van der Waals surface area contributed by atoms with Crippen LogP contribution in [0.1, 0.15) is 30.4 Å². The quantitative estimate of drug-likeness (QED) is 0.891. The molecule has 2 amide bonds. The summed E-state index contributed by atoms with van der Waals surface area (Å²) < 4.78 is 43.0. The van der Waals surface area contributed by atoms with Gasteiger partial charge in [0.1, 0.15) is 0 Å². The second kappa shape index (κ2) is 7.01. The van der Waals surface area contributed by atoms with Crippen LogP contribution in [0.25, 0.3) is 0 Å². The molecular formula is C17H21F3N2O2. The summed E-state index contributed by atoms with van der Waals surface area (Å²) in [6.45, 7) is 2.34. The molecule has 1 N–H and O–H groups in total. The molecule has 0 spiro atoms. The Morgan fingerprint density at radius 2 is 1.92 bits per heavy atom. The van der Waals surface area contributed by atoms with Crippen molar-refractivity contribution in [3.05, 3.63) is 35.4 Å². The molecule has 1 atom stereocenters. The van der Waals surface area contributed by atoms with E-state index in [2.05, 4.69) is 5.32 Å². The highest BCUT2D eigenvalue weighted by Crippen LogP contribution is 2.30. The van der Waals surface area contributed by atoms with E-state index >= 15 is 0 Å². The number of alkyl halides is 3. The van der Waals surface area contributed by atoms with Gasteiger partial charge in [-0.1, -0.05) is 12.1 Å². The molecule has 1 aromatic rings. The molecule has 0 radical (unpaired) electrons. The van der Waals surface area contributed by atoms with Gasteiger partial charge in [0.2, 0.25) is 0 Å². The summed E-state index contributed by atoms with van der Waals surface area (Å²) in [6, 6.07) is 5.01. The van der Waals surface area contributed by atoms with Crippen LogP contribution in [0.15, 0.2) is 24.3 Å². The summed E-state index contributed by atoms with van der Waals surface area (Å²) >= 11 is 0. The molecule has 24 heavy (non-hydrogen) atoms. The van der Waals surface area contributed by atoms with Crippen molar-refractivity contribution in [2.75, 3.05) is 19.8 Å². The van der Waals surface area contributed by atoms with E-state index < -0.39 is 11.7 Å². The lowest BCUT2D eigenvalue weighted by atomic mass is 10.1. The van der Waals surface area contributed by atoms with Crippen molar-refractivity contribution in [3.8, 4) is 0 Å². The van der Waals surface area contributed by atoms with Gasteiger partial charge in [-0.25, -0.2) is 4.79 Å². The maximum absolute atomic E-state index is 12.5. The van der Waals surface area contributed by atoms with Gasteiger partial charge in [0.25, 0.3) is 0 Å². The van der Waals surface area contributed by atoms with E-state index in [-0.39, 0.29) is 12.6 Å². The number of carbonyl (C=O) groups excluding carboxylic acids is 1. The van der Waals surface area contributed by atoms with Crippen molar-refractivity contribution in [3.63, 3.8) is 0 Å². The molecule has 1 saturated carbocycles. The first-order valence-corrected chi connectivity index (χ1v) is 8.22. The van der Waals surface area contributed by atoms with E-state index in [9.17, 15) is 18.0 Å². The third kappa shape index (κ3) is 4.41. The van der Waals surface area contributed by atoms with E-state index in [1.165, 1.54) is 12.1 Å². The third-order valence-electron chi connectivity index (χ3n) is 4.45. The number of hydrogen-bond donors (Lipinski definition) is 1. The molecule has 132 valence electrons. The number of halogens is 3. The molecule has 2 aliphatic rings. The van der Waals surface area contributed by atoms with Crippen LogP contribution in [0.5, 0.6) is 0 Å². The van der Waals surface area contributed by atoms with E-state index in [4.69, 9.17) is 4.74 Å². The lowest BCUT2D eigenvalue weighted by Crippen LogP contribution is -2.43. The van der Waals surface area contributed by atoms with Crippen LogP contribution in [0.3, 0.4) is 0 Å². The van der Waals surface area contributed by atoms with Crippen LogP contribution in [-0.2, 0) is 17.5 Å². The maximum Gasteiger partial charge on any atom is 0.416 e. The van der Waals surface area contributed by atoms with Crippen LogP contribution in [0.4, 0.5) is 18.0 Å². The minimum atomic E-state index is -4.34. The summed E-state index contributed by atoms with van der Waals surface area (Å²) in [5.74, 6) is 0.377. The molecular weight excluding hydrogens is 321 g/mol. The van der Waals surface area contributed by atoms with Crippen molar-refractivity contribution >= 4 is 6.03 Å². The maximum atomic E-state index is 12.5. The van der Waals surface area contributed by atoms with Gasteiger partial charge in [-0.3, -0.25) is 0 Å². The molecule has 1 aliphatic carbocycles. The number of ether oxygens (including phenoxy) is 1. The predicted molar refractivity (Wildman–Crippen MR) is 82.3 cm³/mol. The summed E-state index contributed by atoms with van der Waals surface area (Å²) in [6.07, 6.45) is -1.34. The molecule has 7 heteroatoms. The van der Waals surface area contributed by atoms with Crippen LogP contribution in [0, 0.1) is 5.92 Å². The fraction of sp³-hybridized carbons (Fsp3) is 0.588. The van der Waals surface area contributed by atoms with Crippen LogP contribution < -0.4 is 5.32 Å². The molecule has 0 bridgehead atoms. The van der Waals surface area contributed by atoms with E-state index in [1.807, 2.05) is 4.90 Å². The Bertz CT molecular complexity index is 564. The Hall–Kier alpha value is -1.76. The standard InChI is InChI=1S/C17H21F3N2O2/c18-17(19,20)14-3-1-12(2-4-14)9-21-16(23)22(15-5-6-15)10-13-7-8-24-11-13/h1-4,13,15H,5-11H2,(H,21,23). The molecule has 3 rings (SSSR count). The normalized spacial score (nSPS) is 20.9. The number of carbonyl (C=O) groups is 1. The van der Waals surface area contributed by atoms with Gasteiger partial charge in [0, 0.05) is 31.7 Å². The Morgan fingerprint density at radius 3 is 2.46 bits per heavy atom. The average Bonchev–Trinajstić information content (AvgIpc) is 3.26. The first-order valence-electron chi connectivity index (χ1n) is 8.22. The highest BCUT2D eigenvalue weighted by Gasteiger charge is 2.34. The number of amides is 2. The summed E-state index contributed by atoms with van der Waals surface area (Å²) in [5.41, 5.74) is -0.0327. The number of nitrogens with zero attached hydrogens (tertiary/aromatic N) is 1. The highest BCUT2D eigenvalue weighted by atomic mass is 19.4. The van der Waals surface area contributed by atoms with Crippen molar-refractivity contribution < 1.29 is 22.7 Å². The van der Waals surface area contributed by atoms with Gasteiger partial charge >= 0.3 is 12.2 Å². The Morgan fingerprint density at radius 1 is 1.21 bits per heavy atom. The van der Waals surface area contributed by atoms with Crippen molar-refractivity contribution in [1.82, 2.24) is 10.2 Å². The molecule has 4 nitrogen and oxygen atoms in total. The summed E-state index contributed by atoms with van der Waals surface area (Å²) in [7, 11) is 0. The smallest absolute Gasteiger partial charge is 0.381 e. The fourth-order valence-corrected chi connectivity index (χ4v) is 2.88. The minimum absolute atomic E-state index is 0.149. The monoisotopic (exact) mass is 342 g/mol. The minimum Gasteiger partial charge on any atom is -0.381 e. The van der Waals surface area contributed by atoms with E-state index in [1.54, 1.807) is 0 Å².